The van der Waals surface area contributed by atoms with Gasteiger partial charge >= 0.3 is 17.9 Å². The first-order chi connectivity index (χ1) is 30.6. The van der Waals surface area contributed by atoms with Gasteiger partial charge in [0.05, 0.1) is 0 Å². The summed E-state index contributed by atoms with van der Waals surface area (Å²) in [5.41, 5.74) is 0. The first-order valence-corrected chi connectivity index (χ1v) is 28.1. The predicted octanol–water partition coefficient (Wildman–Crippen LogP) is 18.3. The highest BCUT2D eigenvalue weighted by Crippen LogP contribution is 2.18. The molecule has 0 aliphatic rings. The van der Waals surface area contributed by atoms with E-state index in [4.69, 9.17) is 14.2 Å². The van der Waals surface area contributed by atoms with Crippen LogP contribution < -0.4 is 0 Å². The van der Waals surface area contributed by atoms with Gasteiger partial charge in [-0.25, -0.2) is 0 Å². The first-order valence-electron chi connectivity index (χ1n) is 28.1. The summed E-state index contributed by atoms with van der Waals surface area (Å²) in [4.78, 5) is 38.1. The number of hydrogen-bond acceptors (Lipinski definition) is 6. The summed E-state index contributed by atoms with van der Waals surface area (Å²) in [6.45, 7) is 13.8. The van der Waals surface area contributed by atoms with Crippen LogP contribution in [-0.4, -0.2) is 37.2 Å². The Balaban J connectivity index is 4.29. The quantitative estimate of drug-likeness (QED) is 0.0344. The minimum atomic E-state index is -0.763. The predicted molar refractivity (Wildman–Crippen MR) is 270 cm³/mol. The molecular formula is C57H110O6. The van der Waals surface area contributed by atoms with E-state index >= 15 is 0 Å². The average molecular weight is 892 g/mol. The second kappa shape index (κ2) is 48.3. The zero-order valence-electron chi connectivity index (χ0n) is 43.4. The maximum atomic E-state index is 12.8. The Kier molecular flexibility index (Phi) is 47.1. The van der Waals surface area contributed by atoms with Crippen LogP contribution in [0.25, 0.3) is 0 Å². The number of rotatable bonds is 50. The molecule has 6 nitrogen and oxygen atoms in total. The highest BCUT2D eigenvalue weighted by atomic mass is 16.6. The molecule has 63 heavy (non-hydrogen) atoms. The molecule has 0 saturated carbocycles. The summed E-state index contributed by atoms with van der Waals surface area (Å²) in [6.07, 6.45) is 49.5. The topological polar surface area (TPSA) is 78.9 Å². The molecule has 0 aliphatic heterocycles. The van der Waals surface area contributed by atoms with E-state index in [-0.39, 0.29) is 31.1 Å². The summed E-state index contributed by atoms with van der Waals surface area (Å²) in [6, 6.07) is 0. The second-order valence-corrected chi connectivity index (χ2v) is 20.8. The fourth-order valence-electron chi connectivity index (χ4n) is 8.61. The van der Waals surface area contributed by atoms with Crippen LogP contribution in [0, 0.1) is 17.8 Å². The maximum Gasteiger partial charge on any atom is 0.306 e. The smallest absolute Gasteiger partial charge is 0.306 e. The lowest BCUT2D eigenvalue weighted by Crippen LogP contribution is -2.30. The molecule has 0 heterocycles. The molecule has 0 rings (SSSR count). The third kappa shape index (κ3) is 49.7. The molecule has 0 saturated heterocycles. The van der Waals surface area contributed by atoms with Crippen LogP contribution >= 0.6 is 0 Å². The summed E-state index contributed by atoms with van der Waals surface area (Å²) < 4.78 is 16.9. The van der Waals surface area contributed by atoms with Crippen molar-refractivity contribution < 1.29 is 28.6 Å². The van der Waals surface area contributed by atoms with Crippen molar-refractivity contribution in [2.24, 2.45) is 17.8 Å². The fourth-order valence-corrected chi connectivity index (χ4v) is 8.61. The molecule has 0 aromatic heterocycles. The Labute approximate surface area is 393 Å². The van der Waals surface area contributed by atoms with Crippen LogP contribution in [0.3, 0.4) is 0 Å². The minimum Gasteiger partial charge on any atom is -0.462 e. The van der Waals surface area contributed by atoms with E-state index in [2.05, 4.69) is 41.5 Å². The molecule has 0 aromatic carbocycles. The zero-order valence-corrected chi connectivity index (χ0v) is 43.4. The largest absolute Gasteiger partial charge is 0.462 e. The Morgan fingerprint density at radius 2 is 0.556 bits per heavy atom. The molecule has 0 N–H and O–H groups in total. The number of unbranched alkanes of at least 4 members (excludes halogenated alkanes) is 32. The third-order valence-electron chi connectivity index (χ3n) is 13.3. The van der Waals surface area contributed by atoms with E-state index in [9.17, 15) is 14.4 Å². The number of hydrogen-bond donors (Lipinski definition) is 0. The van der Waals surface area contributed by atoms with Gasteiger partial charge in [-0.1, -0.05) is 273 Å². The Bertz CT molecular complexity index is 978. The molecule has 0 amide bonds. The number of esters is 3. The van der Waals surface area contributed by atoms with Crippen molar-refractivity contribution in [3.63, 3.8) is 0 Å². The second-order valence-electron chi connectivity index (χ2n) is 20.8. The van der Waals surface area contributed by atoms with Gasteiger partial charge < -0.3 is 14.2 Å². The van der Waals surface area contributed by atoms with Gasteiger partial charge in [-0.05, 0) is 37.0 Å². The summed E-state index contributed by atoms with van der Waals surface area (Å²) in [5, 5.41) is 0. The average Bonchev–Trinajstić information content (AvgIpc) is 3.25. The highest BCUT2D eigenvalue weighted by Gasteiger charge is 2.19. The van der Waals surface area contributed by atoms with Crippen molar-refractivity contribution in [1.29, 1.82) is 0 Å². The van der Waals surface area contributed by atoms with Crippen molar-refractivity contribution in [2.45, 2.75) is 317 Å². The van der Waals surface area contributed by atoms with Gasteiger partial charge in [0.1, 0.15) is 13.2 Å². The van der Waals surface area contributed by atoms with Crippen LogP contribution in [0.4, 0.5) is 0 Å². The van der Waals surface area contributed by atoms with E-state index in [1.54, 1.807) is 0 Å². The fraction of sp³-hybridized carbons (Fsp3) is 0.947. The maximum absolute atomic E-state index is 12.8. The summed E-state index contributed by atoms with van der Waals surface area (Å²) >= 11 is 0. The summed E-state index contributed by atoms with van der Waals surface area (Å²) in [5.74, 6) is 1.68. The Hall–Kier alpha value is -1.59. The number of ether oxygens (including phenoxy) is 3. The third-order valence-corrected chi connectivity index (χ3v) is 13.3. The summed E-state index contributed by atoms with van der Waals surface area (Å²) in [7, 11) is 0. The Morgan fingerprint density at radius 1 is 0.317 bits per heavy atom. The van der Waals surface area contributed by atoms with Gasteiger partial charge in [0.25, 0.3) is 0 Å². The van der Waals surface area contributed by atoms with Crippen LogP contribution in [0.2, 0.25) is 0 Å². The molecule has 0 fully saturated rings. The van der Waals surface area contributed by atoms with Crippen LogP contribution in [-0.2, 0) is 28.6 Å². The molecule has 0 radical (unpaired) electrons. The van der Waals surface area contributed by atoms with Crippen molar-refractivity contribution in [3.05, 3.63) is 0 Å². The van der Waals surface area contributed by atoms with Crippen molar-refractivity contribution in [1.82, 2.24) is 0 Å². The number of carbonyl (C=O) groups excluding carboxylic acids is 3. The van der Waals surface area contributed by atoms with Gasteiger partial charge in [0, 0.05) is 19.3 Å². The van der Waals surface area contributed by atoms with E-state index in [0.29, 0.717) is 19.3 Å². The molecule has 0 spiro atoms. The van der Waals surface area contributed by atoms with Crippen molar-refractivity contribution in [2.75, 3.05) is 13.2 Å². The van der Waals surface area contributed by atoms with E-state index in [1.165, 1.54) is 193 Å². The van der Waals surface area contributed by atoms with E-state index < -0.39 is 6.10 Å². The van der Waals surface area contributed by atoms with Crippen LogP contribution in [0.5, 0.6) is 0 Å². The standard InChI is InChI=1S/C57H110O6/c1-7-53(6)45-39-33-27-23-24-29-35-41-47-56(59)62-50-54(49-61-55(58)46-40-34-28-21-18-14-16-20-26-32-38-44-52(4)5)63-57(60)48-42-36-30-22-17-13-11-9-8-10-12-15-19-25-31-37-43-51(2)3/h51-54H,7-50H2,1-6H3/t53?,54-/m0/s1. The molecule has 0 bridgehead atoms. The van der Waals surface area contributed by atoms with Gasteiger partial charge in [0.15, 0.2) is 6.10 Å². The SMILES string of the molecule is CCC(C)CCCCCCCCCCC(=O)OC[C@H](COC(=O)CCCCCCCCCCCCCC(C)C)OC(=O)CCCCCCCCCCCCCCCCCCC(C)C. The highest BCUT2D eigenvalue weighted by molar-refractivity contribution is 5.71. The van der Waals surface area contributed by atoms with Crippen molar-refractivity contribution >= 4 is 17.9 Å². The lowest BCUT2D eigenvalue weighted by Gasteiger charge is -2.18. The van der Waals surface area contributed by atoms with Gasteiger partial charge in [-0.2, -0.15) is 0 Å². The zero-order chi connectivity index (χ0) is 46.3. The molecule has 374 valence electrons. The van der Waals surface area contributed by atoms with E-state index in [0.717, 1.165) is 75.5 Å². The molecule has 0 aromatic rings. The molecule has 2 atom stereocenters. The lowest BCUT2D eigenvalue weighted by atomic mass is 9.99. The van der Waals surface area contributed by atoms with Gasteiger partial charge in [0.2, 0.25) is 0 Å². The minimum absolute atomic E-state index is 0.0642. The van der Waals surface area contributed by atoms with E-state index in [1.807, 2.05) is 0 Å². The van der Waals surface area contributed by atoms with Crippen LogP contribution in [0.1, 0.15) is 311 Å². The monoisotopic (exact) mass is 891 g/mol. The molecule has 1 unspecified atom stereocenters. The van der Waals surface area contributed by atoms with Crippen LogP contribution in [0.15, 0.2) is 0 Å². The van der Waals surface area contributed by atoms with Crippen molar-refractivity contribution in [3.8, 4) is 0 Å². The normalized spacial score (nSPS) is 12.6. The first kappa shape index (κ1) is 61.4. The number of carbonyl (C=O) groups is 3. The van der Waals surface area contributed by atoms with Gasteiger partial charge in [-0.15, -0.1) is 0 Å². The molecular weight excluding hydrogens is 781 g/mol. The Morgan fingerprint density at radius 3 is 0.825 bits per heavy atom. The molecule has 0 aliphatic carbocycles. The van der Waals surface area contributed by atoms with Gasteiger partial charge in [-0.3, -0.25) is 14.4 Å². The molecule has 6 heteroatoms. The lowest BCUT2D eigenvalue weighted by molar-refractivity contribution is -0.167.